The summed E-state index contributed by atoms with van der Waals surface area (Å²) in [4.78, 5) is 23.0. The number of aryl methyl sites for hydroxylation is 3. The fraction of sp³-hybridized carbons (Fsp3) is 0.263. The lowest BCUT2D eigenvalue weighted by Gasteiger charge is -2.15. The van der Waals surface area contributed by atoms with Crippen molar-refractivity contribution in [1.82, 2.24) is 20.0 Å². The molecule has 3 rings (SSSR count). The summed E-state index contributed by atoms with van der Waals surface area (Å²) in [5.41, 5.74) is 4.92. The number of amides is 1. The van der Waals surface area contributed by atoms with E-state index in [1.807, 2.05) is 51.1 Å². The Labute approximate surface area is 146 Å². The minimum Gasteiger partial charge on any atom is -0.359 e. The van der Waals surface area contributed by atoms with Gasteiger partial charge in [0.15, 0.2) is 5.76 Å². The van der Waals surface area contributed by atoms with E-state index in [4.69, 9.17) is 4.52 Å². The SMILES string of the molecule is Cc1cc(CN(C)C(=O)c2ccc(-c3nc(C)cnc3C)cc2)on1. The molecule has 6 heteroatoms. The van der Waals surface area contributed by atoms with E-state index in [2.05, 4.69) is 15.1 Å². The number of carbonyl (C=O) groups excluding carboxylic acids is 1. The maximum Gasteiger partial charge on any atom is 0.254 e. The summed E-state index contributed by atoms with van der Waals surface area (Å²) in [5, 5.41) is 3.84. The zero-order valence-electron chi connectivity index (χ0n) is 14.8. The molecule has 0 aliphatic rings. The quantitative estimate of drug-likeness (QED) is 0.731. The molecule has 0 saturated carbocycles. The fourth-order valence-corrected chi connectivity index (χ4v) is 2.60. The number of hydrogen-bond donors (Lipinski definition) is 0. The molecule has 0 spiro atoms. The smallest absolute Gasteiger partial charge is 0.254 e. The molecule has 1 aromatic carbocycles. The van der Waals surface area contributed by atoms with Crippen LogP contribution in [0, 0.1) is 20.8 Å². The standard InChI is InChI=1S/C19H20N4O2/c1-12-9-17(25-22-12)11-23(4)19(24)16-7-5-15(6-8-16)18-14(3)20-10-13(2)21-18/h5-10H,11H2,1-4H3. The highest BCUT2D eigenvalue weighted by Gasteiger charge is 2.15. The van der Waals surface area contributed by atoms with Gasteiger partial charge in [0.25, 0.3) is 5.91 Å². The van der Waals surface area contributed by atoms with Gasteiger partial charge in [-0.25, -0.2) is 4.98 Å². The van der Waals surface area contributed by atoms with Crippen molar-refractivity contribution >= 4 is 5.91 Å². The first-order chi connectivity index (χ1) is 11.9. The van der Waals surface area contributed by atoms with Crippen molar-refractivity contribution in [3.63, 3.8) is 0 Å². The van der Waals surface area contributed by atoms with Crippen LogP contribution in [0.25, 0.3) is 11.3 Å². The summed E-state index contributed by atoms with van der Waals surface area (Å²) in [6.07, 6.45) is 1.75. The molecule has 0 fully saturated rings. The number of hydrogen-bond acceptors (Lipinski definition) is 5. The molecule has 6 nitrogen and oxygen atoms in total. The van der Waals surface area contributed by atoms with Gasteiger partial charge < -0.3 is 9.42 Å². The topological polar surface area (TPSA) is 72.1 Å². The average molecular weight is 336 g/mol. The highest BCUT2D eigenvalue weighted by atomic mass is 16.5. The highest BCUT2D eigenvalue weighted by molar-refractivity contribution is 5.94. The Morgan fingerprint density at radius 3 is 2.48 bits per heavy atom. The number of carbonyl (C=O) groups is 1. The molecule has 128 valence electrons. The maximum atomic E-state index is 12.6. The normalized spacial score (nSPS) is 10.7. The minimum absolute atomic E-state index is 0.0762. The molecule has 0 N–H and O–H groups in total. The second-order valence-electron chi connectivity index (χ2n) is 6.12. The van der Waals surface area contributed by atoms with E-state index in [0.717, 1.165) is 28.3 Å². The van der Waals surface area contributed by atoms with Gasteiger partial charge in [0, 0.05) is 30.4 Å². The monoisotopic (exact) mass is 336 g/mol. The summed E-state index contributed by atoms with van der Waals surface area (Å²) >= 11 is 0. The Balaban J connectivity index is 1.77. The Hall–Kier alpha value is -3.02. The van der Waals surface area contributed by atoms with E-state index in [9.17, 15) is 4.79 Å². The van der Waals surface area contributed by atoms with Crippen molar-refractivity contribution in [2.45, 2.75) is 27.3 Å². The van der Waals surface area contributed by atoms with E-state index in [1.165, 1.54) is 0 Å². The van der Waals surface area contributed by atoms with Crippen LogP contribution in [0.15, 0.2) is 41.1 Å². The number of rotatable bonds is 4. The van der Waals surface area contributed by atoms with Crippen LogP contribution in [0.1, 0.15) is 33.2 Å². The number of nitrogens with zero attached hydrogens (tertiary/aromatic N) is 4. The van der Waals surface area contributed by atoms with Crippen LogP contribution in [0.2, 0.25) is 0 Å². The summed E-state index contributed by atoms with van der Waals surface area (Å²) in [7, 11) is 1.74. The molecule has 2 aromatic heterocycles. The molecule has 1 amide bonds. The lowest BCUT2D eigenvalue weighted by Crippen LogP contribution is -2.25. The average Bonchev–Trinajstić information content (AvgIpc) is 3.01. The molecule has 0 saturated heterocycles. The molecular weight excluding hydrogens is 316 g/mol. The molecule has 0 atom stereocenters. The molecule has 0 unspecified atom stereocenters. The first-order valence-corrected chi connectivity index (χ1v) is 8.02. The largest absolute Gasteiger partial charge is 0.359 e. The predicted octanol–water partition coefficient (Wildman–Crippen LogP) is 3.33. The first-order valence-electron chi connectivity index (χ1n) is 8.02. The van der Waals surface area contributed by atoms with Crippen LogP contribution in [0.5, 0.6) is 0 Å². The number of aromatic nitrogens is 3. The molecule has 3 aromatic rings. The summed E-state index contributed by atoms with van der Waals surface area (Å²) in [6, 6.07) is 9.24. The van der Waals surface area contributed by atoms with E-state index in [1.54, 1.807) is 18.1 Å². The van der Waals surface area contributed by atoms with Crippen molar-refractivity contribution < 1.29 is 9.32 Å². The Morgan fingerprint density at radius 2 is 1.84 bits per heavy atom. The van der Waals surface area contributed by atoms with Crippen LogP contribution in [-0.2, 0) is 6.54 Å². The second kappa shape index (κ2) is 6.84. The maximum absolute atomic E-state index is 12.6. The van der Waals surface area contributed by atoms with Gasteiger partial charge in [0.1, 0.15) is 0 Å². The van der Waals surface area contributed by atoms with Crippen LogP contribution < -0.4 is 0 Å². The molecule has 25 heavy (non-hydrogen) atoms. The zero-order chi connectivity index (χ0) is 18.0. The third-order valence-corrected chi connectivity index (χ3v) is 3.90. The van der Waals surface area contributed by atoms with Crippen molar-refractivity contribution in [3.8, 4) is 11.3 Å². The molecular formula is C19H20N4O2. The van der Waals surface area contributed by atoms with Crippen LogP contribution in [0.4, 0.5) is 0 Å². The molecule has 0 bridgehead atoms. The van der Waals surface area contributed by atoms with Gasteiger partial charge in [-0.2, -0.15) is 0 Å². The van der Waals surface area contributed by atoms with Crippen LogP contribution in [0.3, 0.4) is 0 Å². The van der Waals surface area contributed by atoms with E-state index < -0.39 is 0 Å². The third-order valence-electron chi connectivity index (χ3n) is 3.90. The van der Waals surface area contributed by atoms with Gasteiger partial charge in [0.05, 0.1) is 29.3 Å². The molecule has 0 aliphatic heterocycles. The lowest BCUT2D eigenvalue weighted by molar-refractivity contribution is 0.0772. The molecule has 0 radical (unpaired) electrons. The van der Waals surface area contributed by atoms with E-state index in [-0.39, 0.29) is 5.91 Å². The van der Waals surface area contributed by atoms with Gasteiger partial charge >= 0.3 is 0 Å². The Morgan fingerprint density at radius 1 is 1.12 bits per heavy atom. The minimum atomic E-state index is -0.0762. The van der Waals surface area contributed by atoms with E-state index in [0.29, 0.717) is 17.9 Å². The van der Waals surface area contributed by atoms with Gasteiger partial charge in [-0.05, 0) is 32.9 Å². The predicted molar refractivity (Wildman–Crippen MR) is 94.0 cm³/mol. The molecule has 0 aliphatic carbocycles. The Kier molecular flexibility index (Phi) is 4.61. The molecule has 2 heterocycles. The van der Waals surface area contributed by atoms with Gasteiger partial charge in [0.2, 0.25) is 0 Å². The lowest BCUT2D eigenvalue weighted by atomic mass is 10.1. The van der Waals surface area contributed by atoms with Crippen LogP contribution in [-0.4, -0.2) is 33.0 Å². The third kappa shape index (κ3) is 3.74. The number of benzene rings is 1. The summed E-state index contributed by atoms with van der Waals surface area (Å²) in [6.45, 7) is 6.07. The summed E-state index contributed by atoms with van der Waals surface area (Å²) < 4.78 is 5.16. The van der Waals surface area contributed by atoms with Gasteiger partial charge in [-0.3, -0.25) is 9.78 Å². The zero-order valence-corrected chi connectivity index (χ0v) is 14.8. The first kappa shape index (κ1) is 16.8. The summed E-state index contributed by atoms with van der Waals surface area (Å²) in [5.74, 6) is 0.586. The van der Waals surface area contributed by atoms with Crippen molar-refractivity contribution in [1.29, 1.82) is 0 Å². The van der Waals surface area contributed by atoms with Gasteiger partial charge in [-0.1, -0.05) is 17.3 Å². The van der Waals surface area contributed by atoms with Crippen molar-refractivity contribution in [3.05, 3.63) is 64.9 Å². The highest BCUT2D eigenvalue weighted by Crippen LogP contribution is 2.21. The fourth-order valence-electron chi connectivity index (χ4n) is 2.60. The van der Waals surface area contributed by atoms with Crippen molar-refractivity contribution in [2.24, 2.45) is 0 Å². The second-order valence-corrected chi connectivity index (χ2v) is 6.12. The van der Waals surface area contributed by atoms with Crippen LogP contribution >= 0.6 is 0 Å². The Bertz CT molecular complexity index is 900. The van der Waals surface area contributed by atoms with Crippen molar-refractivity contribution in [2.75, 3.05) is 7.05 Å². The van der Waals surface area contributed by atoms with E-state index >= 15 is 0 Å². The van der Waals surface area contributed by atoms with Gasteiger partial charge in [-0.15, -0.1) is 0 Å².